The van der Waals surface area contributed by atoms with Crippen LogP contribution in [0, 0.1) is 0 Å². The van der Waals surface area contributed by atoms with E-state index in [1.54, 1.807) is 48.8 Å². The van der Waals surface area contributed by atoms with E-state index in [0.29, 0.717) is 22.4 Å². The molecule has 1 atom stereocenters. The molecule has 4 aromatic rings. The van der Waals surface area contributed by atoms with Gasteiger partial charge in [-0.3, -0.25) is 9.78 Å². The van der Waals surface area contributed by atoms with Gasteiger partial charge in [0.2, 0.25) is 0 Å². The van der Waals surface area contributed by atoms with Crippen LogP contribution >= 0.6 is 0 Å². The van der Waals surface area contributed by atoms with Crippen molar-refractivity contribution in [3.05, 3.63) is 78.4 Å². The molecule has 0 fully saturated rings. The predicted octanol–water partition coefficient (Wildman–Crippen LogP) is 1.85. The van der Waals surface area contributed by atoms with E-state index in [1.165, 1.54) is 18.5 Å². The first kappa shape index (κ1) is 20.6. The molecule has 158 valence electrons. The van der Waals surface area contributed by atoms with Gasteiger partial charge in [-0.2, -0.15) is 0 Å². The van der Waals surface area contributed by atoms with Crippen LogP contribution in [0.25, 0.3) is 11.0 Å². The van der Waals surface area contributed by atoms with Crippen molar-refractivity contribution in [2.75, 3.05) is 11.9 Å². The minimum atomic E-state index is -3.93. The fourth-order valence-electron chi connectivity index (χ4n) is 2.89. The maximum absolute atomic E-state index is 12.6. The van der Waals surface area contributed by atoms with Gasteiger partial charge in [0, 0.05) is 48.5 Å². The first-order valence-electron chi connectivity index (χ1n) is 9.20. The SMILES string of the molecule is NC(CNS(=O)(=O)c1nccc2oncc12)c1ccc(C(=O)Nc2ccncc2)cc1. The number of hydrogen-bond donors (Lipinski definition) is 3. The molecule has 0 radical (unpaired) electrons. The minimum absolute atomic E-state index is 0.0613. The fourth-order valence-corrected chi connectivity index (χ4v) is 4.07. The van der Waals surface area contributed by atoms with Gasteiger partial charge in [-0.05, 0) is 29.8 Å². The molecule has 4 rings (SSSR count). The van der Waals surface area contributed by atoms with Crippen molar-refractivity contribution >= 4 is 32.6 Å². The summed E-state index contributed by atoms with van der Waals surface area (Å²) in [6.45, 7) is -0.0613. The highest BCUT2D eigenvalue weighted by molar-refractivity contribution is 7.89. The normalized spacial score (nSPS) is 12.5. The Morgan fingerprint density at radius 2 is 1.81 bits per heavy atom. The average molecular weight is 438 g/mol. The third-order valence-corrected chi connectivity index (χ3v) is 5.91. The topological polar surface area (TPSA) is 153 Å². The number of nitrogens with one attached hydrogen (secondary N) is 2. The molecule has 0 bridgehead atoms. The number of fused-ring (bicyclic) bond motifs is 1. The van der Waals surface area contributed by atoms with Crippen molar-refractivity contribution in [2.24, 2.45) is 5.73 Å². The first-order valence-corrected chi connectivity index (χ1v) is 10.7. The smallest absolute Gasteiger partial charge is 0.258 e. The Morgan fingerprint density at radius 1 is 1.06 bits per heavy atom. The van der Waals surface area contributed by atoms with Crippen LogP contribution in [0.3, 0.4) is 0 Å². The zero-order chi connectivity index (χ0) is 21.8. The summed E-state index contributed by atoms with van der Waals surface area (Å²) in [6, 6.07) is 10.9. The Morgan fingerprint density at radius 3 is 2.55 bits per heavy atom. The fraction of sp³-hybridized carbons (Fsp3) is 0.100. The van der Waals surface area contributed by atoms with Crippen LogP contribution in [-0.2, 0) is 10.0 Å². The molecule has 1 amide bonds. The lowest BCUT2D eigenvalue weighted by Crippen LogP contribution is -2.32. The summed E-state index contributed by atoms with van der Waals surface area (Å²) in [5.41, 5.74) is 8.20. The second-order valence-corrected chi connectivity index (χ2v) is 8.31. The van der Waals surface area contributed by atoms with Crippen LogP contribution < -0.4 is 15.8 Å². The molecule has 1 aromatic carbocycles. The number of carbonyl (C=O) groups is 1. The lowest BCUT2D eigenvalue weighted by Gasteiger charge is -2.14. The van der Waals surface area contributed by atoms with Crippen molar-refractivity contribution in [1.29, 1.82) is 0 Å². The van der Waals surface area contributed by atoms with Crippen molar-refractivity contribution in [3.8, 4) is 0 Å². The Bertz CT molecular complexity index is 1310. The zero-order valence-corrected chi connectivity index (χ0v) is 16.9. The first-order chi connectivity index (χ1) is 14.9. The van der Waals surface area contributed by atoms with Gasteiger partial charge in [0.15, 0.2) is 10.6 Å². The van der Waals surface area contributed by atoms with E-state index in [4.69, 9.17) is 10.3 Å². The number of nitrogens with two attached hydrogens (primary N) is 1. The average Bonchev–Trinajstić information content (AvgIpc) is 3.27. The Labute approximate surface area is 177 Å². The van der Waals surface area contributed by atoms with Crippen LogP contribution in [0.2, 0.25) is 0 Å². The second kappa shape index (κ2) is 8.60. The number of benzene rings is 1. The highest BCUT2D eigenvalue weighted by Gasteiger charge is 2.22. The molecule has 1 unspecified atom stereocenters. The zero-order valence-electron chi connectivity index (χ0n) is 16.1. The standard InChI is InChI=1S/C20H18N6O4S/c21-17(12-25-31(28,29)20-16-11-24-30-18(16)7-10-23-20)13-1-3-14(4-2-13)19(27)26-15-5-8-22-9-6-15/h1-11,17,25H,12,21H2,(H,22,26,27). The van der Waals surface area contributed by atoms with Crippen LogP contribution in [0.15, 0.2) is 76.8 Å². The van der Waals surface area contributed by atoms with E-state index in [1.807, 2.05) is 0 Å². The summed E-state index contributed by atoms with van der Waals surface area (Å²) >= 11 is 0. The number of carbonyl (C=O) groups excluding carboxylic acids is 1. The van der Waals surface area contributed by atoms with Crippen LogP contribution in [0.5, 0.6) is 0 Å². The van der Waals surface area contributed by atoms with Crippen molar-refractivity contribution < 1.29 is 17.7 Å². The summed E-state index contributed by atoms with van der Waals surface area (Å²) in [5.74, 6) is -0.278. The van der Waals surface area contributed by atoms with Gasteiger partial charge in [0.05, 0.1) is 11.6 Å². The number of amides is 1. The Kier molecular flexibility index (Phi) is 5.71. The maximum Gasteiger partial charge on any atom is 0.258 e. The number of rotatable bonds is 7. The van der Waals surface area contributed by atoms with E-state index in [0.717, 1.165) is 0 Å². The number of sulfonamides is 1. The van der Waals surface area contributed by atoms with Crippen molar-refractivity contribution in [1.82, 2.24) is 19.8 Å². The molecule has 0 saturated heterocycles. The lowest BCUT2D eigenvalue weighted by atomic mass is 10.1. The molecule has 10 nitrogen and oxygen atoms in total. The van der Waals surface area contributed by atoms with Gasteiger partial charge >= 0.3 is 0 Å². The van der Waals surface area contributed by atoms with Gasteiger partial charge in [-0.25, -0.2) is 18.1 Å². The third kappa shape index (κ3) is 4.58. The number of anilines is 1. The summed E-state index contributed by atoms with van der Waals surface area (Å²) in [6.07, 6.45) is 5.79. The number of pyridine rings is 2. The van der Waals surface area contributed by atoms with E-state index in [2.05, 4.69) is 25.2 Å². The number of nitrogens with zero attached hydrogens (tertiary/aromatic N) is 3. The molecule has 0 spiro atoms. The molecule has 31 heavy (non-hydrogen) atoms. The molecule has 0 saturated carbocycles. The monoisotopic (exact) mass is 438 g/mol. The highest BCUT2D eigenvalue weighted by Crippen LogP contribution is 2.20. The summed E-state index contributed by atoms with van der Waals surface area (Å²) in [4.78, 5) is 20.1. The largest absolute Gasteiger partial charge is 0.356 e. The van der Waals surface area contributed by atoms with Gasteiger partial charge in [-0.15, -0.1) is 0 Å². The minimum Gasteiger partial charge on any atom is -0.356 e. The van der Waals surface area contributed by atoms with E-state index in [9.17, 15) is 13.2 Å². The number of aromatic nitrogens is 3. The molecule has 11 heteroatoms. The summed E-state index contributed by atoms with van der Waals surface area (Å²) in [5, 5.41) is 6.47. The molecule has 0 aliphatic rings. The van der Waals surface area contributed by atoms with Crippen LogP contribution in [0.1, 0.15) is 22.0 Å². The Hall–Kier alpha value is -3.67. The van der Waals surface area contributed by atoms with Gasteiger partial charge in [0.1, 0.15) is 0 Å². The van der Waals surface area contributed by atoms with Gasteiger partial charge in [0.25, 0.3) is 15.9 Å². The quantitative estimate of drug-likeness (QED) is 0.395. The van der Waals surface area contributed by atoms with E-state index < -0.39 is 16.1 Å². The molecule has 0 aliphatic carbocycles. The number of hydrogen-bond acceptors (Lipinski definition) is 8. The third-order valence-electron chi connectivity index (χ3n) is 4.53. The molecular formula is C20H18N6O4S. The summed E-state index contributed by atoms with van der Waals surface area (Å²) in [7, 11) is -3.93. The van der Waals surface area contributed by atoms with Crippen molar-refractivity contribution in [2.45, 2.75) is 11.1 Å². The maximum atomic E-state index is 12.6. The van der Waals surface area contributed by atoms with Crippen molar-refractivity contribution in [3.63, 3.8) is 0 Å². The van der Waals surface area contributed by atoms with Gasteiger partial charge < -0.3 is 15.6 Å². The van der Waals surface area contributed by atoms with Crippen LogP contribution in [-0.4, -0.2) is 36.0 Å². The molecular weight excluding hydrogens is 420 g/mol. The van der Waals surface area contributed by atoms with E-state index >= 15 is 0 Å². The lowest BCUT2D eigenvalue weighted by molar-refractivity contribution is 0.102. The predicted molar refractivity (Wildman–Crippen MR) is 113 cm³/mol. The molecule has 3 heterocycles. The molecule has 0 aliphatic heterocycles. The molecule has 4 N–H and O–H groups in total. The molecule has 3 aromatic heterocycles. The van der Waals surface area contributed by atoms with Crippen LogP contribution in [0.4, 0.5) is 5.69 Å². The summed E-state index contributed by atoms with van der Waals surface area (Å²) < 4.78 is 32.7. The second-order valence-electron chi connectivity index (χ2n) is 6.62. The van der Waals surface area contributed by atoms with Gasteiger partial charge in [-0.1, -0.05) is 17.3 Å². The Balaban J connectivity index is 1.41. The van der Waals surface area contributed by atoms with E-state index in [-0.39, 0.29) is 22.9 Å². The highest BCUT2D eigenvalue weighted by atomic mass is 32.2.